The first-order valence-corrected chi connectivity index (χ1v) is 8.30. The Morgan fingerprint density at radius 3 is 2.72 bits per heavy atom. The van der Waals surface area contributed by atoms with Crippen LogP contribution in [0.4, 0.5) is 20.3 Å². The molecule has 0 aliphatic heterocycles. The number of benzene rings is 2. The molecule has 4 rings (SSSR count). The van der Waals surface area contributed by atoms with Gasteiger partial charge in [-0.25, -0.2) is 18.7 Å². The first-order chi connectivity index (χ1) is 12.1. The van der Waals surface area contributed by atoms with Crippen molar-refractivity contribution >= 4 is 23.1 Å². The van der Waals surface area contributed by atoms with Crippen molar-refractivity contribution in [3.8, 4) is 0 Å². The van der Waals surface area contributed by atoms with Crippen molar-refractivity contribution < 1.29 is 8.78 Å². The van der Waals surface area contributed by atoms with E-state index in [1.54, 1.807) is 24.4 Å². The Bertz CT molecular complexity index is 918. The summed E-state index contributed by atoms with van der Waals surface area (Å²) in [6.07, 6.45) is 4.56. The van der Waals surface area contributed by atoms with Gasteiger partial charge in [0.15, 0.2) is 0 Å². The molecule has 0 saturated heterocycles. The smallest absolute Gasteiger partial charge is 0.141 e. The minimum atomic E-state index is -0.494. The Morgan fingerprint density at radius 1 is 1.08 bits per heavy atom. The van der Waals surface area contributed by atoms with Gasteiger partial charge in [-0.2, -0.15) is 0 Å². The van der Waals surface area contributed by atoms with Gasteiger partial charge >= 0.3 is 0 Å². The third-order valence-corrected chi connectivity index (χ3v) is 4.76. The average molecular weight is 358 g/mol. The first-order valence-electron chi connectivity index (χ1n) is 7.93. The van der Waals surface area contributed by atoms with Crippen molar-refractivity contribution in [1.82, 2.24) is 9.97 Å². The van der Waals surface area contributed by atoms with E-state index in [0.717, 1.165) is 18.4 Å². The maximum Gasteiger partial charge on any atom is 0.141 e. The lowest BCUT2D eigenvalue weighted by molar-refractivity contribution is 0.581. The normalized spacial score (nSPS) is 15.9. The van der Waals surface area contributed by atoms with Gasteiger partial charge in [0.1, 0.15) is 23.8 Å². The van der Waals surface area contributed by atoms with Gasteiger partial charge in [0.25, 0.3) is 0 Å². The number of hydrogen-bond acceptors (Lipinski definition) is 3. The lowest BCUT2D eigenvalue weighted by Crippen LogP contribution is -2.24. The predicted octanol–water partition coefficient (Wildman–Crippen LogP) is 5.23. The maximum absolute atomic E-state index is 14.5. The summed E-state index contributed by atoms with van der Waals surface area (Å²) in [6, 6.07) is 11.1. The fourth-order valence-electron chi connectivity index (χ4n) is 3.40. The van der Waals surface area contributed by atoms with Crippen molar-refractivity contribution in [3.05, 3.63) is 82.8 Å². The maximum atomic E-state index is 14.5. The van der Waals surface area contributed by atoms with Gasteiger partial charge in [-0.15, -0.1) is 0 Å². The van der Waals surface area contributed by atoms with Crippen molar-refractivity contribution in [2.75, 3.05) is 4.90 Å². The van der Waals surface area contributed by atoms with Gasteiger partial charge in [0.05, 0.1) is 11.1 Å². The Kier molecular flexibility index (Phi) is 4.09. The average Bonchev–Trinajstić information content (AvgIpc) is 3.04. The molecule has 0 N–H and O–H groups in total. The van der Waals surface area contributed by atoms with E-state index in [1.165, 1.54) is 24.5 Å². The summed E-state index contributed by atoms with van der Waals surface area (Å²) >= 11 is 5.98. The molecule has 0 amide bonds. The number of rotatable bonds is 3. The third kappa shape index (κ3) is 2.85. The zero-order valence-corrected chi connectivity index (χ0v) is 13.9. The largest absolute Gasteiger partial charge is 0.319 e. The van der Waals surface area contributed by atoms with Crippen LogP contribution < -0.4 is 4.90 Å². The lowest BCUT2D eigenvalue weighted by Gasteiger charge is -2.31. The minimum absolute atomic E-state index is 0.0170. The summed E-state index contributed by atoms with van der Waals surface area (Å²) in [5.41, 5.74) is 2.30. The molecule has 3 aromatic rings. The Labute approximate surface area is 148 Å². The van der Waals surface area contributed by atoms with E-state index in [9.17, 15) is 8.78 Å². The lowest BCUT2D eigenvalue weighted by atomic mass is 10.0. The number of aromatic nitrogens is 2. The fraction of sp³-hybridized carbons (Fsp3) is 0.158. The molecule has 2 aromatic carbocycles. The molecular formula is C19H14ClF2N3. The highest BCUT2D eigenvalue weighted by atomic mass is 35.5. The van der Waals surface area contributed by atoms with Gasteiger partial charge in [0, 0.05) is 17.4 Å². The van der Waals surface area contributed by atoms with E-state index in [-0.39, 0.29) is 16.9 Å². The van der Waals surface area contributed by atoms with Crippen molar-refractivity contribution in [1.29, 1.82) is 0 Å². The van der Waals surface area contributed by atoms with Crippen LogP contribution >= 0.6 is 11.6 Å². The van der Waals surface area contributed by atoms with Crippen LogP contribution in [0.2, 0.25) is 5.02 Å². The predicted molar refractivity (Wildman–Crippen MR) is 93.0 cm³/mol. The molecule has 0 saturated carbocycles. The van der Waals surface area contributed by atoms with Crippen molar-refractivity contribution in [2.24, 2.45) is 0 Å². The molecule has 0 spiro atoms. The molecule has 1 aliphatic rings. The number of hydrogen-bond donors (Lipinski definition) is 0. The molecule has 3 nitrogen and oxygen atoms in total. The summed E-state index contributed by atoms with van der Waals surface area (Å²) in [7, 11) is 0. The van der Waals surface area contributed by atoms with Crippen LogP contribution in [0.15, 0.2) is 55.0 Å². The van der Waals surface area contributed by atoms with Crippen molar-refractivity contribution in [3.63, 3.8) is 0 Å². The monoisotopic (exact) mass is 357 g/mol. The van der Waals surface area contributed by atoms with E-state index in [1.807, 2.05) is 11.0 Å². The molecular weight excluding hydrogens is 344 g/mol. The van der Waals surface area contributed by atoms with E-state index < -0.39 is 5.82 Å². The summed E-state index contributed by atoms with van der Waals surface area (Å²) in [4.78, 5) is 10.1. The molecule has 0 bridgehead atoms. The topological polar surface area (TPSA) is 29.0 Å². The summed E-state index contributed by atoms with van der Waals surface area (Å²) in [5, 5.41) is 0.0170. The summed E-state index contributed by atoms with van der Waals surface area (Å²) in [5.74, 6) is -0.128. The van der Waals surface area contributed by atoms with E-state index in [2.05, 4.69) is 9.97 Å². The van der Waals surface area contributed by atoms with Crippen LogP contribution in [0.1, 0.15) is 23.6 Å². The Hall–Kier alpha value is -2.53. The molecule has 0 radical (unpaired) electrons. The highest BCUT2D eigenvalue weighted by Crippen LogP contribution is 2.43. The molecule has 25 heavy (non-hydrogen) atoms. The van der Waals surface area contributed by atoms with Crippen LogP contribution in [-0.2, 0) is 6.42 Å². The Morgan fingerprint density at radius 2 is 1.96 bits per heavy atom. The van der Waals surface area contributed by atoms with Crippen LogP contribution in [-0.4, -0.2) is 9.97 Å². The van der Waals surface area contributed by atoms with Gasteiger partial charge in [-0.1, -0.05) is 23.7 Å². The van der Waals surface area contributed by atoms with Gasteiger partial charge in [0.2, 0.25) is 0 Å². The van der Waals surface area contributed by atoms with E-state index >= 15 is 0 Å². The second-order valence-corrected chi connectivity index (χ2v) is 6.31. The zero-order valence-electron chi connectivity index (χ0n) is 13.2. The van der Waals surface area contributed by atoms with Gasteiger partial charge in [-0.3, -0.25) is 0 Å². The molecule has 0 unspecified atom stereocenters. The van der Waals surface area contributed by atoms with Crippen LogP contribution in [0.5, 0.6) is 0 Å². The number of aryl methyl sites for hydroxylation is 1. The molecule has 1 aromatic heterocycles. The number of fused-ring (bicyclic) bond motifs is 1. The molecule has 126 valence electrons. The van der Waals surface area contributed by atoms with E-state index in [4.69, 9.17) is 11.6 Å². The second kappa shape index (κ2) is 6.41. The molecule has 1 atom stereocenters. The molecule has 1 aliphatic carbocycles. The summed E-state index contributed by atoms with van der Waals surface area (Å²) in [6.45, 7) is 0. The van der Waals surface area contributed by atoms with Gasteiger partial charge < -0.3 is 4.90 Å². The highest BCUT2D eigenvalue weighted by Gasteiger charge is 2.32. The van der Waals surface area contributed by atoms with E-state index in [0.29, 0.717) is 17.1 Å². The van der Waals surface area contributed by atoms with Crippen LogP contribution in [0.25, 0.3) is 0 Å². The molecule has 6 heteroatoms. The Balaban J connectivity index is 1.87. The number of anilines is 2. The second-order valence-electron chi connectivity index (χ2n) is 5.90. The number of nitrogens with zero attached hydrogens (tertiary/aromatic N) is 3. The van der Waals surface area contributed by atoms with Crippen molar-refractivity contribution in [2.45, 2.75) is 18.9 Å². The van der Waals surface area contributed by atoms with Crippen LogP contribution in [0.3, 0.4) is 0 Å². The first kappa shape index (κ1) is 16.0. The highest BCUT2D eigenvalue weighted by molar-refractivity contribution is 6.31. The standard InChI is InChI=1S/C19H14ClF2N3/c20-14-10-13(5-6-15(14)21)25(18-8-9-23-11-24-18)17-7-4-12-2-1-3-16(22)19(12)17/h1-3,5-6,8-11,17H,4,7H2/t17-/m0/s1. The molecule has 0 fully saturated rings. The SMILES string of the molecule is Fc1ccc(N(c2ccncn2)[C@H]2CCc3cccc(F)c32)cc1Cl. The molecule has 1 heterocycles. The third-order valence-electron chi connectivity index (χ3n) is 4.47. The minimum Gasteiger partial charge on any atom is -0.319 e. The fourth-order valence-corrected chi connectivity index (χ4v) is 3.58. The summed E-state index contributed by atoms with van der Waals surface area (Å²) < 4.78 is 28.1. The van der Waals surface area contributed by atoms with Crippen LogP contribution in [0, 0.1) is 11.6 Å². The van der Waals surface area contributed by atoms with Gasteiger partial charge in [-0.05, 0) is 48.7 Å². The zero-order chi connectivity index (χ0) is 17.4. The number of halogens is 3. The quantitative estimate of drug-likeness (QED) is 0.642.